The zero-order chi connectivity index (χ0) is 16.4. The fraction of sp³-hybridized carbons (Fsp3) is 0.278. The van der Waals surface area contributed by atoms with Crippen molar-refractivity contribution in [3.8, 4) is 17.1 Å². The van der Waals surface area contributed by atoms with Crippen molar-refractivity contribution in [1.82, 2.24) is 19.5 Å². The highest BCUT2D eigenvalue weighted by molar-refractivity contribution is 5.58. The second-order valence-electron chi connectivity index (χ2n) is 5.79. The lowest BCUT2D eigenvalue weighted by atomic mass is 10.1. The van der Waals surface area contributed by atoms with Gasteiger partial charge in [0.15, 0.2) is 0 Å². The molecule has 3 aromatic rings. The summed E-state index contributed by atoms with van der Waals surface area (Å²) in [6.45, 7) is 4.35. The quantitative estimate of drug-likeness (QED) is 0.782. The van der Waals surface area contributed by atoms with E-state index in [0.29, 0.717) is 19.2 Å². The molecule has 122 valence electrons. The van der Waals surface area contributed by atoms with Gasteiger partial charge in [0.2, 0.25) is 5.95 Å². The number of rotatable bonds is 5. The summed E-state index contributed by atoms with van der Waals surface area (Å²) in [4.78, 5) is 13.2. The van der Waals surface area contributed by atoms with Crippen LogP contribution in [0.3, 0.4) is 0 Å². The van der Waals surface area contributed by atoms with Crippen molar-refractivity contribution < 1.29 is 4.74 Å². The summed E-state index contributed by atoms with van der Waals surface area (Å²) in [5, 5.41) is 3.18. The largest absolute Gasteiger partial charge is 0.372 e. The molecule has 1 aliphatic heterocycles. The number of anilines is 1. The first kappa shape index (κ1) is 14.8. The Bertz CT molecular complexity index is 841. The summed E-state index contributed by atoms with van der Waals surface area (Å²) >= 11 is 0. The number of fused-ring (bicyclic) bond motifs is 1. The SMILES string of the molecule is CCCNc1ncc(-c2nccn2-c2ccc3c(c2)COC3)cn1. The molecule has 3 heterocycles. The van der Waals surface area contributed by atoms with Crippen molar-refractivity contribution in [1.29, 1.82) is 0 Å². The third kappa shape index (κ3) is 2.76. The highest BCUT2D eigenvalue weighted by Gasteiger charge is 2.14. The zero-order valence-corrected chi connectivity index (χ0v) is 13.6. The number of nitrogens with zero attached hydrogens (tertiary/aromatic N) is 4. The van der Waals surface area contributed by atoms with Gasteiger partial charge in [-0.15, -0.1) is 0 Å². The number of hydrogen-bond acceptors (Lipinski definition) is 5. The molecule has 0 fully saturated rings. The Hall–Kier alpha value is -2.73. The first-order valence-corrected chi connectivity index (χ1v) is 8.14. The zero-order valence-electron chi connectivity index (χ0n) is 13.6. The van der Waals surface area contributed by atoms with Crippen LogP contribution in [0.1, 0.15) is 24.5 Å². The van der Waals surface area contributed by atoms with Crippen molar-refractivity contribution in [2.24, 2.45) is 0 Å². The highest BCUT2D eigenvalue weighted by Crippen LogP contribution is 2.26. The highest BCUT2D eigenvalue weighted by atomic mass is 16.5. The third-order valence-corrected chi connectivity index (χ3v) is 4.07. The lowest BCUT2D eigenvalue weighted by Crippen LogP contribution is -2.04. The van der Waals surface area contributed by atoms with E-state index in [1.165, 1.54) is 11.1 Å². The Morgan fingerprint density at radius 1 is 1.12 bits per heavy atom. The minimum atomic E-state index is 0.647. The van der Waals surface area contributed by atoms with E-state index in [9.17, 15) is 0 Å². The number of hydrogen-bond donors (Lipinski definition) is 1. The molecule has 6 nitrogen and oxygen atoms in total. The summed E-state index contributed by atoms with van der Waals surface area (Å²) in [7, 11) is 0. The molecule has 0 radical (unpaired) electrons. The van der Waals surface area contributed by atoms with Gasteiger partial charge >= 0.3 is 0 Å². The molecule has 0 saturated heterocycles. The van der Waals surface area contributed by atoms with E-state index >= 15 is 0 Å². The van der Waals surface area contributed by atoms with Gasteiger partial charge in [0.25, 0.3) is 0 Å². The molecular formula is C18H19N5O. The fourth-order valence-electron chi connectivity index (χ4n) is 2.81. The van der Waals surface area contributed by atoms with Crippen LogP contribution in [0.25, 0.3) is 17.1 Å². The van der Waals surface area contributed by atoms with E-state index < -0.39 is 0 Å². The number of imidazole rings is 1. The van der Waals surface area contributed by atoms with Crippen molar-refractivity contribution >= 4 is 5.95 Å². The minimum absolute atomic E-state index is 0.647. The summed E-state index contributed by atoms with van der Waals surface area (Å²) in [6.07, 6.45) is 8.40. The lowest BCUT2D eigenvalue weighted by Gasteiger charge is -2.10. The van der Waals surface area contributed by atoms with Gasteiger partial charge in [-0.1, -0.05) is 13.0 Å². The van der Waals surface area contributed by atoms with Crippen LogP contribution in [-0.2, 0) is 18.0 Å². The van der Waals surface area contributed by atoms with E-state index in [2.05, 4.69) is 50.0 Å². The monoisotopic (exact) mass is 321 g/mol. The Labute approximate surface area is 140 Å². The van der Waals surface area contributed by atoms with Crippen molar-refractivity contribution in [3.05, 3.63) is 54.1 Å². The van der Waals surface area contributed by atoms with Crippen LogP contribution in [0.5, 0.6) is 0 Å². The third-order valence-electron chi connectivity index (χ3n) is 4.07. The molecule has 6 heteroatoms. The van der Waals surface area contributed by atoms with Crippen molar-refractivity contribution in [2.45, 2.75) is 26.6 Å². The predicted octanol–water partition coefficient (Wildman–Crippen LogP) is 3.18. The number of nitrogens with one attached hydrogen (secondary N) is 1. The van der Waals surface area contributed by atoms with Gasteiger partial charge in [0, 0.05) is 37.0 Å². The van der Waals surface area contributed by atoms with E-state index in [-0.39, 0.29) is 0 Å². The molecule has 4 rings (SSSR count). The summed E-state index contributed by atoms with van der Waals surface area (Å²) < 4.78 is 7.55. The maximum absolute atomic E-state index is 5.50. The molecule has 0 atom stereocenters. The van der Waals surface area contributed by atoms with E-state index in [4.69, 9.17) is 4.74 Å². The molecule has 1 aliphatic rings. The van der Waals surface area contributed by atoms with Gasteiger partial charge in [-0.05, 0) is 29.7 Å². The molecule has 1 aromatic carbocycles. The average molecular weight is 321 g/mol. The predicted molar refractivity (Wildman–Crippen MR) is 91.9 cm³/mol. The molecule has 0 aliphatic carbocycles. The standard InChI is InChI=1S/C18H19N5O/c1-2-5-20-18-21-9-15(10-22-18)17-19-6-7-23(17)16-4-3-13-11-24-12-14(13)8-16/h3-4,6-10H,2,5,11-12H2,1H3,(H,20,21,22). The van der Waals surface area contributed by atoms with Gasteiger partial charge in [0.1, 0.15) is 5.82 Å². The van der Waals surface area contributed by atoms with Crippen LogP contribution in [0.4, 0.5) is 5.95 Å². The molecule has 0 spiro atoms. The second-order valence-corrected chi connectivity index (χ2v) is 5.79. The lowest BCUT2D eigenvalue weighted by molar-refractivity contribution is 0.134. The van der Waals surface area contributed by atoms with Crippen molar-refractivity contribution in [2.75, 3.05) is 11.9 Å². The summed E-state index contributed by atoms with van der Waals surface area (Å²) in [5.41, 5.74) is 4.45. The van der Waals surface area contributed by atoms with Gasteiger partial charge in [-0.2, -0.15) is 0 Å². The number of ether oxygens (including phenoxy) is 1. The Morgan fingerprint density at radius 3 is 2.79 bits per heavy atom. The van der Waals surface area contributed by atoms with E-state index in [1.54, 1.807) is 18.6 Å². The molecule has 0 bridgehead atoms. The Kier molecular flexibility index (Phi) is 3.96. The molecule has 0 saturated carbocycles. The van der Waals surface area contributed by atoms with E-state index in [0.717, 1.165) is 30.0 Å². The molecule has 2 aromatic heterocycles. The molecule has 0 amide bonds. The molecule has 1 N–H and O–H groups in total. The first-order valence-electron chi connectivity index (χ1n) is 8.14. The molecular weight excluding hydrogens is 302 g/mol. The van der Waals surface area contributed by atoms with Crippen LogP contribution >= 0.6 is 0 Å². The maximum atomic E-state index is 5.50. The van der Waals surface area contributed by atoms with Crippen LogP contribution in [0.15, 0.2) is 43.0 Å². The van der Waals surface area contributed by atoms with Crippen LogP contribution in [0.2, 0.25) is 0 Å². The Morgan fingerprint density at radius 2 is 1.96 bits per heavy atom. The topological polar surface area (TPSA) is 64.9 Å². The van der Waals surface area contributed by atoms with Crippen LogP contribution in [0, 0.1) is 0 Å². The fourth-order valence-corrected chi connectivity index (χ4v) is 2.81. The minimum Gasteiger partial charge on any atom is -0.372 e. The Balaban J connectivity index is 1.65. The number of aromatic nitrogens is 4. The van der Waals surface area contributed by atoms with Gasteiger partial charge in [-0.25, -0.2) is 15.0 Å². The van der Waals surface area contributed by atoms with Crippen LogP contribution < -0.4 is 5.32 Å². The maximum Gasteiger partial charge on any atom is 0.222 e. The van der Waals surface area contributed by atoms with Gasteiger partial charge in [-0.3, -0.25) is 4.57 Å². The molecule has 24 heavy (non-hydrogen) atoms. The van der Waals surface area contributed by atoms with Gasteiger partial charge in [0.05, 0.1) is 18.8 Å². The number of benzene rings is 1. The van der Waals surface area contributed by atoms with Crippen molar-refractivity contribution in [3.63, 3.8) is 0 Å². The molecule has 0 unspecified atom stereocenters. The second kappa shape index (κ2) is 6.41. The summed E-state index contributed by atoms with van der Waals surface area (Å²) in [5.74, 6) is 1.48. The van der Waals surface area contributed by atoms with E-state index in [1.807, 2.05) is 6.20 Å². The first-order chi connectivity index (χ1) is 11.8. The average Bonchev–Trinajstić information content (AvgIpc) is 3.28. The normalized spacial score (nSPS) is 13.0. The van der Waals surface area contributed by atoms with Crippen LogP contribution in [-0.4, -0.2) is 26.1 Å². The van der Waals surface area contributed by atoms with Gasteiger partial charge < -0.3 is 10.1 Å². The summed E-state index contributed by atoms with van der Waals surface area (Å²) in [6, 6.07) is 6.37. The smallest absolute Gasteiger partial charge is 0.222 e.